The Balaban J connectivity index is 0.00000128. The van der Waals surface area contributed by atoms with E-state index in [0.717, 1.165) is 38.8 Å². The number of esters is 1. The van der Waals surface area contributed by atoms with Gasteiger partial charge in [-0.15, -0.1) is 0 Å². The molecule has 0 aromatic rings. The van der Waals surface area contributed by atoms with Crippen molar-refractivity contribution in [2.45, 2.75) is 25.7 Å². The van der Waals surface area contributed by atoms with E-state index >= 15 is 0 Å². The summed E-state index contributed by atoms with van der Waals surface area (Å²) in [5, 5.41) is 0. The molecule has 2 atom stereocenters. The van der Waals surface area contributed by atoms with E-state index in [1.165, 1.54) is 7.11 Å². The van der Waals surface area contributed by atoms with E-state index < -0.39 is 0 Å². The second kappa shape index (κ2) is 7.16. The zero-order valence-electron chi connectivity index (χ0n) is 10.1. The molecule has 0 aromatic heterocycles. The van der Waals surface area contributed by atoms with Crippen molar-refractivity contribution in [2.75, 3.05) is 20.2 Å². The third-order valence-electron chi connectivity index (χ3n) is 3.51. The number of hydrogen-bond acceptors (Lipinski definition) is 3. The Kier molecular flexibility index (Phi) is 7.01. The van der Waals surface area contributed by atoms with Gasteiger partial charge in [-0.05, 0) is 25.7 Å². The van der Waals surface area contributed by atoms with E-state index in [2.05, 4.69) is 4.74 Å². The number of nitrogens with zero attached hydrogens (tertiary/aromatic N) is 1. The molecule has 4 nitrogen and oxygen atoms in total. The summed E-state index contributed by atoms with van der Waals surface area (Å²) in [7, 11) is 1.39. The van der Waals surface area contributed by atoms with Crippen LogP contribution in [0, 0.1) is 11.8 Å². The van der Waals surface area contributed by atoms with Gasteiger partial charge in [0.15, 0.2) is 0 Å². The van der Waals surface area contributed by atoms with E-state index in [0.29, 0.717) is 0 Å². The maximum atomic E-state index is 12.0. The molecule has 0 bridgehead atoms. The minimum Gasteiger partial charge on any atom is -0.469 e. The van der Waals surface area contributed by atoms with Crippen LogP contribution in [0.4, 0.5) is 0 Å². The Bertz CT molecular complexity index is 280. The molecule has 1 heterocycles. The van der Waals surface area contributed by atoms with Gasteiger partial charge in [0.05, 0.1) is 18.9 Å². The van der Waals surface area contributed by atoms with Crippen LogP contribution in [-0.2, 0) is 14.3 Å². The van der Waals surface area contributed by atoms with Crippen LogP contribution in [0.15, 0.2) is 0 Å². The van der Waals surface area contributed by atoms with E-state index in [-0.39, 0.29) is 50.7 Å². The highest BCUT2D eigenvalue weighted by Crippen LogP contribution is 2.37. The normalized spacial score (nSPS) is 26.3. The topological polar surface area (TPSA) is 46.6 Å². The molecule has 1 aliphatic heterocycles. The highest BCUT2D eigenvalue weighted by atomic mass is 32.1. The predicted octanol–water partition coefficient (Wildman–Crippen LogP) is 1.03. The molecule has 0 aromatic carbocycles. The van der Waals surface area contributed by atoms with Crippen LogP contribution in [0.25, 0.3) is 0 Å². The molecule has 6 heteroatoms. The fourth-order valence-electron chi connectivity index (χ4n) is 2.40. The molecular weight excluding hydrogens is 258 g/mol. The van der Waals surface area contributed by atoms with E-state index in [9.17, 15) is 9.59 Å². The van der Waals surface area contributed by atoms with Gasteiger partial charge in [-0.1, -0.05) is 0 Å². The fraction of sp³-hybridized carbons (Fsp3) is 0.818. The molecule has 0 N–H and O–H groups in total. The van der Waals surface area contributed by atoms with Crippen molar-refractivity contribution in [3.8, 4) is 0 Å². The lowest BCUT2D eigenvalue weighted by atomic mass is 9.73. The molecule has 2 fully saturated rings. The van der Waals surface area contributed by atoms with Crippen molar-refractivity contribution < 1.29 is 14.3 Å². The van der Waals surface area contributed by atoms with E-state index in [1.807, 2.05) is 4.90 Å². The Morgan fingerprint density at radius 1 is 1.06 bits per heavy atom. The second-order valence-electron chi connectivity index (χ2n) is 4.35. The molecule has 0 spiro atoms. The molecule has 17 heavy (non-hydrogen) atoms. The average Bonchev–Trinajstić information content (AvgIpc) is 2.68. The summed E-state index contributed by atoms with van der Waals surface area (Å²) in [6, 6.07) is 0. The molecular formula is C11H21NO3S2. The Morgan fingerprint density at radius 2 is 1.59 bits per heavy atom. The van der Waals surface area contributed by atoms with E-state index in [4.69, 9.17) is 0 Å². The van der Waals surface area contributed by atoms with Gasteiger partial charge >= 0.3 is 5.97 Å². The van der Waals surface area contributed by atoms with Gasteiger partial charge in [-0.25, -0.2) is 0 Å². The lowest BCUT2D eigenvalue weighted by Gasteiger charge is -2.35. The molecule has 0 radical (unpaired) electrons. The Hall–Kier alpha value is -0.360. The molecule has 1 amide bonds. The summed E-state index contributed by atoms with van der Waals surface area (Å²) in [6.07, 6.45) is 3.84. The van der Waals surface area contributed by atoms with Crippen LogP contribution in [0.1, 0.15) is 25.7 Å². The van der Waals surface area contributed by atoms with Gasteiger partial charge in [-0.3, -0.25) is 9.59 Å². The highest BCUT2D eigenvalue weighted by Gasteiger charge is 2.43. The highest BCUT2D eigenvalue weighted by molar-refractivity contribution is 7.59. The van der Waals surface area contributed by atoms with Crippen LogP contribution in [0.5, 0.6) is 0 Å². The first kappa shape index (κ1) is 16.6. The molecule has 0 unspecified atom stereocenters. The predicted molar refractivity (Wildman–Crippen MR) is 74.8 cm³/mol. The first-order valence-electron chi connectivity index (χ1n) is 5.60. The molecule has 2 aliphatic rings. The van der Waals surface area contributed by atoms with E-state index in [1.54, 1.807) is 0 Å². The van der Waals surface area contributed by atoms with Gasteiger partial charge in [-0.2, -0.15) is 27.0 Å². The van der Waals surface area contributed by atoms with Crippen molar-refractivity contribution in [3.05, 3.63) is 0 Å². The Labute approximate surface area is 116 Å². The fourth-order valence-corrected chi connectivity index (χ4v) is 2.40. The number of methoxy groups -OCH3 is 1. The van der Waals surface area contributed by atoms with Crippen LogP contribution in [0.3, 0.4) is 0 Å². The third kappa shape index (κ3) is 3.31. The van der Waals surface area contributed by atoms with Crippen molar-refractivity contribution in [2.24, 2.45) is 11.8 Å². The molecule has 100 valence electrons. The largest absolute Gasteiger partial charge is 0.469 e. The van der Waals surface area contributed by atoms with Crippen molar-refractivity contribution in [3.63, 3.8) is 0 Å². The SMILES string of the molecule is COC(=O)[C@H]1CC[C@@H]1C(=O)N1CCCC1.S.S. The smallest absolute Gasteiger partial charge is 0.309 e. The Morgan fingerprint density at radius 3 is 2.00 bits per heavy atom. The van der Waals surface area contributed by atoms with Gasteiger partial charge in [0, 0.05) is 13.1 Å². The monoisotopic (exact) mass is 279 g/mol. The summed E-state index contributed by atoms with van der Waals surface area (Å²) in [4.78, 5) is 25.2. The first-order chi connectivity index (χ1) is 7.24. The zero-order valence-corrected chi connectivity index (χ0v) is 12.1. The zero-order chi connectivity index (χ0) is 10.8. The number of amides is 1. The average molecular weight is 279 g/mol. The molecule has 1 saturated carbocycles. The van der Waals surface area contributed by atoms with Gasteiger partial charge < -0.3 is 9.64 Å². The quantitative estimate of drug-likeness (QED) is 0.709. The standard InChI is InChI=1S/C11H17NO3.2H2S/c1-15-11(14)9-5-4-8(9)10(13)12-6-2-3-7-12;;/h8-9H,2-7H2,1H3;2*1H2/t8-,9-;;/m0../s1. The van der Waals surface area contributed by atoms with Crippen molar-refractivity contribution >= 4 is 38.9 Å². The van der Waals surface area contributed by atoms with Crippen molar-refractivity contribution in [1.29, 1.82) is 0 Å². The number of likely N-dealkylation sites (tertiary alicyclic amines) is 1. The van der Waals surface area contributed by atoms with Crippen molar-refractivity contribution in [1.82, 2.24) is 4.90 Å². The minimum absolute atomic E-state index is 0. The molecule has 1 saturated heterocycles. The van der Waals surface area contributed by atoms with Crippen LogP contribution >= 0.6 is 27.0 Å². The second-order valence-corrected chi connectivity index (χ2v) is 4.35. The molecule has 1 aliphatic carbocycles. The maximum absolute atomic E-state index is 12.0. The number of ether oxygens (including phenoxy) is 1. The maximum Gasteiger partial charge on any atom is 0.309 e. The van der Waals surface area contributed by atoms with Gasteiger partial charge in [0.1, 0.15) is 0 Å². The first-order valence-corrected chi connectivity index (χ1v) is 5.60. The van der Waals surface area contributed by atoms with Gasteiger partial charge in [0.25, 0.3) is 0 Å². The lowest BCUT2D eigenvalue weighted by Crippen LogP contribution is -2.45. The number of hydrogen-bond donors (Lipinski definition) is 0. The summed E-state index contributed by atoms with van der Waals surface area (Å²) in [5.41, 5.74) is 0. The van der Waals surface area contributed by atoms with Crippen LogP contribution in [0.2, 0.25) is 0 Å². The third-order valence-corrected chi connectivity index (χ3v) is 3.51. The number of carbonyl (C=O) groups is 2. The number of carbonyl (C=O) groups excluding carboxylic acids is 2. The summed E-state index contributed by atoms with van der Waals surface area (Å²) in [5.74, 6) is -0.341. The number of rotatable bonds is 2. The van der Waals surface area contributed by atoms with Gasteiger partial charge in [0.2, 0.25) is 5.91 Å². The summed E-state index contributed by atoms with van der Waals surface area (Å²) in [6.45, 7) is 1.73. The minimum atomic E-state index is -0.223. The van der Waals surface area contributed by atoms with Crippen LogP contribution in [-0.4, -0.2) is 37.0 Å². The lowest BCUT2D eigenvalue weighted by molar-refractivity contribution is -0.158. The summed E-state index contributed by atoms with van der Waals surface area (Å²) >= 11 is 0. The molecule has 2 rings (SSSR count). The van der Waals surface area contributed by atoms with Crippen LogP contribution < -0.4 is 0 Å². The summed E-state index contributed by atoms with van der Waals surface area (Å²) < 4.78 is 4.69.